The van der Waals surface area contributed by atoms with Crippen molar-refractivity contribution in [2.45, 2.75) is 32.7 Å². The van der Waals surface area contributed by atoms with Gasteiger partial charge in [0.25, 0.3) is 0 Å². The summed E-state index contributed by atoms with van der Waals surface area (Å²) in [7, 11) is 0. The average Bonchev–Trinajstić information content (AvgIpc) is 2.21. The molecule has 2 N–H and O–H groups in total. The summed E-state index contributed by atoms with van der Waals surface area (Å²) in [5.41, 5.74) is 0.972. The van der Waals surface area contributed by atoms with Crippen molar-refractivity contribution in [2.75, 3.05) is 6.54 Å². The molecule has 0 atom stereocenters. The van der Waals surface area contributed by atoms with Crippen LogP contribution in [0.3, 0.4) is 0 Å². The van der Waals surface area contributed by atoms with Crippen LogP contribution in [0.25, 0.3) is 0 Å². The van der Waals surface area contributed by atoms with Crippen LogP contribution in [0.1, 0.15) is 31.9 Å². The zero-order chi connectivity index (χ0) is 10.2. The van der Waals surface area contributed by atoms with Crippen molar-refractivity contribution in [3.8, 4) is 5.75 Å². The summed E-state index contributed by atoms with van der Waals surface area (Å²) >= 11 is 0. The highest BCUT2D eigenvalue weighted by atomic mass is 16.3. The van der Waals surface area contributed by atoms with E-state index in [0.29, 0.717) is 0 Å². The van der Waals surface area contributed by atoms with E-state index in [1.807, 2.05) is 6.07 Å². The Morgan fingerprint density at radius 3 is 2.86 bits per heavy atom. The topological polar surface area (TPSA) is 45.1 Å². The number of hydrogen-bond donors (Lipinski definition) is 2. The maximum absolute atomic E-state index is 9.02. The largest absolute Gasteiger partial charge is 0.506 e. The van der Waals surface area contributed by atoms with Gasteiger partial charge >= 0.3 is 0 Å². The fourth-order valence-electron chi connectivity index (χ4n) is 1.24. The maximum Gasteiger partial charge on any atom is 0.133 e. The lowest BCUT2D eigenvalue weighted by atomic mass is 10.2. The van der Waals surface area contributed by atoms with E-state index in [1.54, 1.807) is 6.07 Å². The van der Waals surface area contributed by atoms with Gasteiger partial charge in [0.1, 0.15) is 5.75 Å². The van der Waals surface area contributed by atoms with E-state index in [4.69, 9.17) is 5.11 Å². The minimum absolute atomic E-state index is 0.222. The van der Waals surface area contributed by atoms with Crippen molar-refractivity contribution in [1.29, 1.82) is 0 Å². The molecule has 0 unspecified atom stereocenters. The third-order valence-electron chi connectivity index (χ3n) is 2.07. The van der Waals surface area contributed by atoms with Crippen molar-refractivity contribution in [1.82, 2.24) is 10.3 Å². The third-order valence-corrected chi connectivity index (χ3v) is 2.07. The molecular formula is C11H18N2O. The molecule has 0 aromatic carbocycles. The summed E-state index contributed by atoms with van der Waals surface area (Å²) in [6.07, 6.45) is 5.22. The molecule has 0 aliphatic rings. The number of aromatic hydroxyl groups is 1. The van der Waals surface area contributed by atoms with Gasteiger partial charge < -0.3 is 10.4 Å². The predicted octanol–water partition coefficient (Wildman–Crippen LogP) is 2.07. The van der Waals surface area contributed by atoms with Crippen LogP contribution >= 0.6 is 0 Å². The smallest absolute Gasteiger partial charge is 0.133 e. The Balaban J connectivity index is 2.15. The summed E-state index contributed by atoms with van der Waals surface area (Å²) in [6, 6.07) is 3.50. The highest BCUT2D eigenvalue weighted by molar-refractivity contribution is 5.17. The van der Waals surface area contributed by atoms with Crippen LogP contribution in [-0.4, -0.2) is 16.6 Å². The first-order valence-corrected chi connectivity index (χ1v) is 5.17. The zero-order valence-electron chi connectivity index (χ0n) is 8.66. The molecule has 78 valence electrons. The lowest BCUT2D eigenvalue weighted by Gasteiger charge is -2.03. The van der Waals surface area contributed by atoms with E-state index in [9.17, 15) is 0 Å². The quantitative estimate of drug-likeness (QED) is 0.681. The number of hydrogen-bond acceptors (Lipinski definition) is 3. The van der Waals surface area contributed by atoms with Gasteiger partial charge in [0.05, 0.1) is 11.9 Å². The first kappa shape index (κ1) is 11.0. The first-order chi connectivity index (χ1) is 6.83. The van der Waals surface area contributed by atoms with Crippen LogP contribution in [0.5, 0.6) is 5.75 Å². The number of unbranched alkanes of at least 4 members (excludes halogenated alkanes) is 2. The van der Waals surface area contributed by atoms with Crippen LogP contribution in [-0.2, 0) is 6.54 Å². The second-order valence-electron chi connectivity index (χ2n) is 3.39. The molecule has 3 nitrogen and oxygen atoms in total. The van der Waals surface area contributed by atoms with Gasteiger partial charge in [0, 0.05) is 6.54 Å². The normalized spacial score (nSPS) is 10.4. The maximum atomic E-state index is 9.02. The molecule has 0 bridgehead atoms. The van der Waals surface area contributed by atoms with Gasteiger partial charge in [-0.3, -0.25) is 4.98 Å². The standard InChI is InChI=1S/C11H18N2O/c1-2-3-4-7-12-8-10-5-6-11(14)9-13-10/h5-6,9,12,14H,2-4,7-8H2,1H3. The second-order valence-corrected chi connectivity index (χ2v) is 3.39. The predicted molar refractivity (Wildman–Crippen MR) is 57.1 cm³/mol. The van der Waals surface area contributed by atoms with E-state index < -0.39 is 0 Å². The molecule has 0 aliphatic heterocycles. The third kappa shape index (κ3) is 4.23. The number of nitrogens with zero attached hydrogens (tertiary/aromatic N) is 1. The van der Waals surface area contributed by atoms with Crippen LogP contribution < -0.4 is 5.32 Å². The van der Waals surface area contributed by atoms with Gasteiger partial charge in [0.15, 0.2) is 0 Å². The summed E-state index contributed by atoms with van der Waals surface area (Å²) in [5.74, 6) is 0.222. The Morgan fingerprint density at radius 2 is 2.21 bits per heavy atom. The highest BCUT2D eigenvalue weighted by Crippen LogP contribution is 2.05. The van der Waals surface area contributed by atoms with Crippen LogP contribution in [0.15, 0.2) is 18.3 Å². The Kier molecular flexibility index (Phi) is 5.00. The molecule has 1 rings (SSSR count). The fraction of sp³-hybridized carbons (Fsp3) is 0.545. The molecule has 0 saturated heterocycles. The van der Waals surface area contributed by atoms with Gasteiger partial charge in [-0.05, 0) is 25.1 Å². The van der Waals surface area contributed by atoms with E-state index in [0.717, 1.165) is 18.8 Å². The molecule has 0 fully saturated rings. The lowest BCUT2D eigenvalue weighted by molar-refractivity contribution is 0.471. The van der Waals surface area contributed by atoms with Crippen molar-refractivity contribution >= 4 is 0 Å². The zero-order valence-corrected chi connectivity index (χ0v) is 8.66. The molecule has 3 heteroatoms. The number of pyridine rings is 1. The number of rotatable bonds is 6. The first-order valence-electron chi connectivity index (χ1n) is 5.17. The molecule has 0 aliphatic carbocycles. The monoisotopic (exact) mass is 194 g/mol. The lowest BCUT2D eigenvalue weighted by Crippen LogP contribution is -2.15. The molecule has 0 spiro atoms. The molecule has 0 saturated carbocycles. The Morgan fingerprint density at radius 1 is 1.36 bits per heavy atom. The Hall–Kier alpha value is -1.09. The van der Waals surface area contributed by atoms with E-state index in [1.165, 1.54) is 25.5 Å². The molecular weight excluding hydrogens is 176 g/mol. The van der Waals surface area contributed by atoms with Gasteiger partial charge in [0.2, 0.25) is 0 Å². The summed E-state index contributed by atoms with van der Waals surface area (Å²) in [4.78, 5) is 4.08. The fourth-order valence-corrected chi connectivity index (χ4v) is 1.24. The molecule has 0 radical (unpaired) electrons. The summed E-state index contributed by atoms with van der Waals surface area (Å²) in [6.45, 7) is 4.02. The van der Waals surface area contributed by atoms with E-state index in [2.05, 4.69) is 17.2 Å². The van der Waals surface area contributed by atoms with Crippen molar-refractivity contribution in [2.24, 2.45) is 0 Å². The SMILES string of the molecule is CCCCCNCc1ccc(O)cn1. The van der Waals surface area contributed by atoms with Crippen LogP contribution in [0, 0.1) is 0 Å². The molecule has 1 aromatic rings. The van der Waals surface area contributed by atoms with Gasteiger partial charge in [-0.15, -0.1) is 0 Å². The Labute approximate surface area is 85.2 Å². The average molecular weight is 194 g/mol. The number of aromatic nitrogens is 1. The van der Waals surface area contributed by atoms with Gasteiger partial charge in [-0.1, -0.05) is 19.8 Å². The van der Waals surface area contributed by atoms with E-state index in [-0.39, 0.29) is 5.75 Å². The van der Waals surface area contributed by atoms with E-state index >= 15 is 0 Å². The number of nitrogens with one attached hydrogen (secondary N) is 1. The minimum Gasteiger partial charge on any atom is -0.506 e. The molecule has 0 amide bonds. The molecule has 1 aromatic heterocycles. The summed E-state index contributed by atoms with van der Waals surface area (Å²) < 4.78 is 0. The van der Waals surface area contributed by atoms with Gasteiger partial charge in [-0.25, -0.2) is 0 Å². The minimum atomic E-state index is 0.222. The second kappa shape index (κ2) is 6.38. The van der Waals surface area contributed by atoms with Crippen molar-refractivity contribution < 1.29 is 5.11 Å². The van der Waals surface area contributed by atoms with Gasteiger partial charge in [-0.2, -0.15) is 0 Å². The van der Waals surface area contributed by atoms with Crippen LogP contribution in [0.2, 0.25) is 0 Å². The van der Waals surface area contributed by atoms with Crippen LogP contribution in [0.4, 0.5) is 0 Å². The highest BCUT2D eigenvalue weighted by Gasteiger charge is 1.93. The van der Waals surface area contributed by atoms with Crippen molar-refractivity contribution in [3.63, 3.8) is 0 Å². The Bertz CT molecular complexity index is 246. The van der Waals surface area contributed by atoms with Crippen molar-refractivity contribution in [3.05, 3.63) is 24.0 Å². The molecule has 1 heterocycles. The molecule has 14 heavy (non-hydrogen) atoms. The summed E-state index contributed by atoms with van der Waals surface area (Å²) in [5, 5.41) is 12.3.